The van der Waals surface area contributed by atoms with Crippen LogP contribution in [0, 0.1) is 5.92 Å². The normalized spacial score (nSPS) is 34.6. The molecule has 3 nitrogen and oxygen atoms in total. The van der Waals surface area contributed by atoms with Gasteiger partial charge in [0.05, 0.1) is 0 Å². The fraction of sp³-hybridized carbons (Fsp3) is 0.286. The molecule has 0 aromatic carbocycles. The maximum absolute atomic E-state index is 10.5. The highest BCUT2D eigenvalue weighted by atomic mass is 35.5. The van der Waals surface area contributed by atoms with Crippen molar-refractivity contribution >= 4 is 29.2 Å². The number of alkyl halides is 1. The van der Waals surface area contributed by atoms with Crippen LogP contribution in [0.1, 0.15) is 0 Å². The van der Waals surface area contributed by atoms with Crippen LogP contribution in [0.15, 0.2) is 23.3 Å². The number of rotatable bonds is 1. The predicted octanol–water partition coefficient (Wildman–Crippen LogP) is 1.31. The van der Waals surface area contributed by atoms with E-state index in [1.807, 2.05) is 0 Å². The molecule has 1 aliphatic carbocycles. The molecule has 0 fully saturated rings. The van der Waals surface area contributed by atoms with E-state index in [-0.39, 0.29) is 5.03 Å². The molecule has 0 radical (unpaired) electrons. The Bertz CT molecular complexity index is 268. The van der Waals surface area contributed by atoms with E-state index >= 15 is 0 Å². The van der Waals surface area contributed by atoms with Crippen molar-refractivity contribution in [1.29, 1.82) is 0 Å². The number of carboxylic acids is 1. The number of aliphatic carboxylic acids is 1. The molecule has 1 aliphatic rings. The van der Waals surface area contributed by atoms with Crippen molar-refractivity contribution in [3.63, 3.8) is 0 Å². The molecule has 5 heteroatoms. The third-order valence-electron chi connectivity index (χ3n) is 1.43. The summed E-state index contributed by atoms with van der Waals surface area (Å²) in [5.74, 6) is -1.97. The minimum atomic E-state index is -1.65. The molecule has 0 spiro atoms. The van der Waals surface area contributed by atoms with Crippen molar-refractivity contribution in [3.05, 3.63) is 23.3 Å². The first kappa shape index (κ1) is 9.58. The standard InChI is InChI=1S/C7H6Cl2O3/c8-5-3-7(9,12)2-1-4(5)6(10)11/h1-4,12H,(H,10,11). The largest absolute Gasteiger partial charge is 0.481 e. The SMILES string of the molecule is O=C(O)C1C=CC(O)(Cl)C=C1Cl. The Morgan fingerprint density at radius 1 is 1.67 bits per heavy atom. The zero-order chi connectivity index (χ0) is 9.35. The summed E-state index contributed by atoms with van der Waals surface area (Å²) < 4.78 is 0. The van der Waals surface area contributed by atoms with Gasteiger partial charge in [-0.1, -0.05) is 29.3 Å². The molecule has 0 saturated carbocycles. The number of hydrogen-bond donors (Lipinski definition) is 2. The molecule has 0 saturated heterocycles. The summed E-state index contributed by atoms with van der Waals surface area (Å²) in [4.78, 5) is 10.5. The Labute approximate surface area is 78.9 Å². The van der Waals surface area contributed by atoms with E-state index in [0.29, 0.717) is 0 Å². The molecule has 2 N–H and O–H groups in total. The number of halogens is 2. The van der Waals surface area contributed by atoms with Crippen LogP contribution in [0.4, 0.5) is 0 Å². The fourth-order valence-electron chi connectivity index (χ4n) is 0.855. The van der Waals surface area contributed by atoms with Crippen LogP contribution in [0.2, 0.25) is 0 Å². The van der Waals surface area contributed by atoms with Gasteiger partial charge in [0, 0.05) is 5.03 Å². The van der Waals surface area contributed by atoms with Gasteiger partial charge in [-0.05, 0) is 12.2 Å². The number of aliphatic hydroxyl groups is 1. The van der Waals surface area contributed by atoms with E-state index in [9.17, 15) is 4.79 Å². The van der Waals surface area contributed by atoms with Gasteiger partial charge in [0.25, 0.3) is 0 Å². The number of carbonyl (C=O) groups is 1. The van der Waals surface area contributed by atoms with Gasteiger partial charge in [-0.3, -0.25) is 4.79 Å². The van der Waals surface area contributed by atoms with E-state index < -0.39 is 16.9 Å². The van der Waals surface area contributed by atoms with Crippen molar-refractivity contribution in [2.45, 2.75) is 5.06 Å². The van der Waals surface area contributed by atoms with Gasteiger partial charge >= 0.3 is 5.97 Å². The Morgan fingerprint density at radius 3 is 2.67 bits per heavy atom. The third-order valence-corrected chi connectivity index (χ3v) is 2.01. The van der Waals surface area contributed by atoms with Gasteiger partial charge < -0.3 is 10.2 Å². The topological polar surface area (TPSA) is 57.5 Å². The van der Waals surface area contributed by atoms with Crippen LogP contribution in [0.25, 0.3) is 0 Å². The Hall–Kier alpha value is -0.510. The van der Waals surface area contributed by atoms with Crippen LogP contribution in [-0.4, -0.2) is 21.2 Å². The smallest absolute Gasteiger partial charge is 0.315 e. The summed E-state index contributed by atoms with van der Waals surface area (Å²) in [6.07, 6.45) is 3.52. The van der Waals surface area contributed by atoms with Gasteiger partial charge in [0.2, 0.25) is 0 Å². The molecule has 66 valence electrons. The molecular weight excluding hydrogens is 203 g/mol. The van der Waals surface area contributed by atoms with Crippen LogP contribution < -0.4 is 0 Å². The molecule has 12 heavy (non-hydrogen) atoms. The summed E-state index contributed by atoms with van der Waals surface area (Å²) in [7, 11) is 0. The lowest BCUT2D eigenvalue weighted by Crippen LogP contribution is -2.23. The van der Waals surface area contributed by atoms with Gasteiger partial charge in [-0.15, -0.1) is 0 Å². The zero-order valence-corrected chi connectivity index (χ0v) is 7.38. The van der Waals surface area contributed by atoms with Crippen molar-refractivity contribution in [2.75, 3.05) is 0 Å². The Balaban J connectivity index is 2.91. The second-order valence-electron chi connectivity index (χ2n) is 2.43. The molecule has 0 aliphatic heterocycles. The maximum atomic E-state index is 10.5. The first-order valence-corrected chi connectivity index (χ1v) is 3.90. The molecule has 2 unspecified atom stereocenters. The van der Waals surface area contributed by atoms with Gasteiger partial charge in [0.1, 0.15) is 5.92 Å². The van der Waals surface area contributed by atoms with Crippen LogP contribution in [0.5, 0.6) is 0 Å². The third kappa shape index (κ3) is 2.00. The van der Waals surface area contributed by atoms with E-state index in [4.69, 9.17) is 33.4 Å². The molecule has 0 aromatic heterocycles. The average molecular weight is 209 g/mol. The van der Waals surface area contributed by atoms with Crippen LogP contribution >= 0.6 is 23.2 Å². The number of hydrogen-bond acceptors (Lipinski definition) is 2. The summed E-state index contributed by atoms with van der Waals surface area (Å²) >= 11 is 11.0. The number of carboxylic acid groups (broad SMARTS) is 1. The van der Waals surface area contributed by atoms with Crippen LogP contribution in [-0.2, 0) is 4.79 Å². The highest BCUT2D eigenvalue weighted by molar-refractivity contribution is 6.33. The first-order valence-electron chi connectivity index (χ1n) is 3.14. The Kier molecular flexibility index (Phi) is 2.46. The highest BCUT2D eigenvalue weighted by Gasteiger charge is 2.28. The van der Waals surface area contributed by atoms with E-state index in [0.717, 1.165) is 6.08 Å². The van der Waals surface area contributed by atoms with Crippen molar-refractivity contribution in [1.82, 2.24) is 0 Å². The van der Waals surface area contributed by atoms with Crippen molar-refractivity contribution < 1.29 is 15.0 Å². The quantitative estimate of drug-likeness (QED) is 0.505. The highest BCUT2D eigenvalue weighted by Crippen LogP contribution is 2.30. The summed E-state index contributed by atoms with van der Waals surface area (Å²) in [6, 6.07) is 0. The lowest BCUT2D eigenvalue weighted by molar-refractivity contribution is -0.138. The molecule has 0 heterocycles. The fourth-order valence-corrected chi connectivity index (χ4v) is 1.43. The lowest BCUT2D eigenvalue weighted by Gasteiger charge is -2.19. The summed E-state index contributed by atoms with van der Waals surface area (Å²) in [5, 5.41) is 16.1. The molecule has 0 amide bonds. The second-order valence-corrected chi connectivity index (χ2v) is 3.47. The van der Waals surface area contributed by atoms with E-state index in [2.05, 4.69) is 0 Å². The van der Waals surface area contributed by atoms with Crippen LogP contribution in [0.3, 0.4) is 0 Å². The monoisotopic (exact) mass is 208 g/mol. The lowest BCUT2D eigenvalue weighted by atomic mass is 10.0. The molecule has 0 bridgehead atoms. The van der Waals surface area contributed by atoms with E-state index in [1.165, 1.54) is 12.2 Å². The van der Waals surface area contributed by atoms with Crippen molar-refractivity contribution in [2.24, 2.45) is 5.92 Å². The van der Waals surface area contributed by atoms with Gasteiger partial charge in [-0.2, -0.15) is 0 Å². The molecule has 0 aromatic rings. The van der Waals surface area contributed by atoms with E-state index in [1.54, 1.807) is 0 Å². The summed E-state index contributed by atoms with van der Waals surface area (Å²) in [6.45, 7) is 0. The molecular formula is C7H6Cl2O3. The zero-order valence-electron chi connectivity index (χ0n) is 5.87. The van der Waals surface area contributed by atoms with Gasteiger partial charge in [0.15, 0.2) is 5.06 Å². The first-order chi connectivity index (χ1) is 5.42. The molecule has 1 rings (SSSR count). The maximum Gasteiger partial charge on any atom is 0.315 e. The van der Waals surface area contributed by atoms with Crippen molar-refractivity contribution in [3.8, 4) is 0 Å². The predicted molar refractivity (Wildman–Crippen MR) is 45.0 cm³/mol. The average Bonchev–Trinajstić information content (AvgIpc) is 1.83. The minimum Gasteiger partial charge on any atom is -0.481 e. The molecule has 2 atom stereocenters. The Morgan fingerprint density at radius 2 is 2.25 bits per heavy atom. The summed E-state index contributed by atoms with van der Waals surface area (Å²) in [5.41, 5.74) is 0. The minimum absolute atomic E-state index is 0.0162. The van der Waals surface area contributed by atoms with Gasteiger partial charge in [-0.25, -0.2) is 0 Å². The second kappa shape index (κ2) is 3.09.